The fourth-order valence-electron chi connectivity index (χ4n) is 3.80. The second-order valence-corrected chi connectivity index (χ2v) is 14.2. The monoisotopic (exact) mass is 453 g/mol. The molecular formula is C24H31N3O4Si. The third-order valence-corrected chi connectivity index (χ3v) is 7.83. The molecule has 1 fully saturated rings. The van der Waals surface area contributed by atoms with E-state index in [-0.39, 0.29) is 30.7 Å². The van der Waals surface area contributed by atoms with Gasteiger partial charge in [0.1, 0.15) is 11.8 Å². The number of anilines is 1. The van der Waals surface area contributed by atoms with Crippen LogP contribution < -0.4 is 20.6 Å². The van der Waals surface area contributed by atoms with Crippen LogP contribution in [-0.4, -0.2) is 51.4 Å². The molecule has 0 spiro atoms. The topological polar surface area (TPSA) is 87.7 Å². The first-order chi connectivity index (χ1) is 15.1. The molecule has 7 nitrogen and oxygen atoms in total. The Balaban J connectivity index is 1.86. The fourth-order valence-corrected chi connectivity index (χ4v) is 4.96. The molecule has 2 aromatic rings. The maximum absolute atomic E-state index is 13.4. The number of benzene rings is 2. The lowest BCUT2D eigenvalue weighted by molar-refractivity contribution is -0.140. The van der Waals surface area contributed by atoms with Crippen LogP contribution in [0.25, 0.3) is 0 Å². The van der Waals surface area contributed by atoms with E-state index in [2.05, 4.69) is 42.4 Å². The lowest BCUT2D eigenvalue weighted by Crippen LogP contribution is -2.42. The molecule has 2 N–H and O–H groups in total. The molecule has 0 radical (unpaired) electrons. The number of hydrogen-bond acceptors (Lipinski definition) is 4. The Morgan fingerprint density at radius 1 is 1.09 bits per heavy atom. The second kappa shape index (κ2) is 9.56. The lowest BCUT2D eigenvalue weighted by Gasteiger charge is -2.29. The zero-order chi connectivity index (χ0) is 23.5. The molecule has 1 heterocycles. The van der Waals surface area contributed by atoms with Crippen molar-refractivity contribution in [3.63, 3.8) is 0 Å². The van der Waals surface area contributed by atoms with E-state index < -0.39 is 20.0 Å². The Kier molecular flexibility index (Phi) is 7.03. The summed E-state index contributed by atoms with van der Waals surface area (Å²) in [5.74, 6) is -0.520. The predicted octanol–water partition coefficient (Wildman–Crippen LogP) is 2.51. The predicted molar refractivity (Wildman–Crippen MR) is 128 cm³/mol. The van der Waals surface area contributed by atoms with Crippen molar-refractivity contribution in [2.24, 2.45) is 5.92 Å². The Labute approximate surface area is 190 Å². The summed E-state index contributed by atoms with van der Waals surface area (Å²) in [6.45, 7) is 7.09. The lowest BCUT2D eigenvalue weighted by atomic mass is 10.0. The number of hydrogen-bond donors (Lipinski definition) is 2. The third kappa shape index (κ3) is 5.37. The summed E-state index contributed by atoms with van der Waals surface area (Å²) in [5, 5.41) is 6.94. The van der Waals surface area contributed by atoms with Crippen LogP contribution in [0.15, 0.2) is 48.5 Å². The Morgan fingerprint density at radius 2 is 1.72 bits per heavy atom. The Hall–Kier alpha value is -3.13. The van der Waals surface area contributed by atoms with Gasteiger partial charge in [0.2, 0.25) is 11.8 Å². The minimum Gasteiger partial charge on any atom is -0.497 e. The van der Waals surface area contributed by atoms with Crippen LogP contribution in [0.2, 0.25) is 19.6 Å². The Morgan fingerprint density at radius 3 is 2.22 bits per heavy atom. The molecule has 2 unspecified atom stereocenters. The quantitative estimate of drug-likeness (QED) is 0.631. The number of carbonyl (C=O) groups is 3. The average molecular weight is 454 g/mol. The first kappa shape index (κ1) is 23.5. The highest BCUT2D eigenvalue weighted by Gasteiger charge is 2.36. The standard InChI is InChI=1S/C24H31N3O4Si/c1-27(24(30)17-14-21(28)25-15-17)22(16-6-10-19(31-2)11-7-16)23(29)26-18-8-12-20(13-9-18)32(3,4)5/h6-13,17,22H,14-15H2,1-5H3,(H,25,28)(H,26,29). The van der Waals surface area contributed by atoms with E-state index in [0.717, 1.165) is 0 Å². The molecule has 0 bridgehead atoms. The van der Waals surface area contributed by atoms with E-state index in [1.165, 1.54) is 10.1 Å². The number of ether oxygens (including phenoxy) is 1. The first-order valence-corrected chi connectivity index (χ1v) is 14.2. The fraction of sp³-hybridized carbons (Fsp3) is 0.375. The van der Waals surface area contributed by atoms with Gasteiger partial charge in [-0.05, 0) is 29.8 Å². The van der Waals surface area contributed by atoms with Crippen LogP contribution in [0.4, 0.5) is 5.69 Å². The van der Waals surface area contributed by atoms with Gasteiger partial charge < -0.3 is 20.3 Å². The zero-order valence-corrected chi connectivity index (χ0v) is 20.3. The van der Waals surface area contributed by atoms with E-state index in [4.69, 9.17) is 4.74 Å². The molecular weight excluding hydrogens is 422 g/mol. The summed E-state index contributed by atoms with van der Waals surface area (Å²) in [6.07, 6.45) is 0.137. The van der Waals surface area contributed by atoms with Gasteiger partial charge in [-0.1, -0.05) is 49.1 Å². The van der Waals surface area contributed by atoms with Gasteiger partial charge in [0, 0.05) is 25.7 Å². The SMILES string of the molecule is COc1ccc(C(C(=O)Nc2ccc([Si](C)(C)C)cc2)N(C)C(=O)C2CNC(=O)C2)cc1. The summed E-state index contributed by atoms with van der Waals surface area (Å²) >= 11 is 0. The summed E-state index contributed by atoms with van der Waals surface area (Å²) in [7, 11) is 1.73. The molecule has 170 valence electrons. The third-order valence-electron chi connectivity index (χ3n) is 5.76. The molecule has 1 aliphatic heterocycles. The van der Waals surface area contributed by atoms with Crippen LogP contribution >= 0.6 is 0 Å². The van der Waals surface area contributed by atoms with Gasteiger partial charge in [-0.25, -0.2) is 0 Å². The zero-order valence-electron chi connectivity index (χ0n) is 19.3. The largest absolute Gasteiger partial charge is 0.497 e. The molecule has 32 heavy (non-hydrogen) atoms. The smallest absolute Gasteiger partial charge is 0.251 e. The van der Waals surface area contributed by atoms with E-state index in [0.29, 0.717) is 17.0 Å². The van der Waals surface area contributed by atoms with Gasteiger partial charge in [-0.15, -0.1) is 0 Å². The summed E-state index contributed by atoms with van der Waals surface area (Å²) < 4.78 is 5.22. The van der Waals surface area contributed by atoms with Crippen molar-refractivity contribution in [3.05, 3.63) is 54.1 Å². The van der Waals surface area contributed by atoms with Gasteiger partial charge in [0.05, 0.1) is 21.1 Å². The van der Waals surface area contributed by atoms with Crippen LogP contribution in [0.5, 0.6) is 5.75 Å². The van der Waals surface area contributed by atoms with E-state index in [1.54, 1.807) is 38.4 Å². The van der Waals surface area contributed by atoms with Crippen LogP contribution in [0, 0.1) is 5.92 Å². The van der Waals surface area contributed by atoms with E-state index in [1.807, 2.05) is 12.1 Å². The molecule has 2 aromatic carbocycles. The van der Waals surface area contributed by atoms with Gasteiger partial charge in [-0.3, -0.25) is 14.4 Å². The van der Waals surface area contributed by atoms with E-state index >= 15 is 0 Å². The molecule has 0 saturated carbocycles. The van der Waals surface area contributed by atoms with Crippen molar-refractivity contribution in [2.45, 2.75) is 32.1 Å². The van der Waals surface area contributed by atoms with Crippen molar-refractivity contribution >= 4 is 36.7 Å². The highest BCUT2D eigenvalue weighted by atomic mass is 28.3. The summed E-state index contributed by atoms with van der Waals surface area (Å²) in [4.78, 5) is 39.5. The van der Waals surface area contributed by atoms with Gasteiger partial charge >= 0.3 is 0 Å². The van der Waals surface area contributed by atoms with Crippen molar-refractivity contribution in [1.82, 2.24) is 10.2 Å². The molecule has 0 aliphatic carbocycles. The number of nitrogens with one attached hydrogen (secondary N) is 2. The highest BCUT2D eigenvalue weighted by Crippen LogP contribution is 2.26. The van der Waals surface area contributed by atoms with E-state index in [9.17, 15) is 14.4 Å². The minimum atomic E-state index is -1.44. The van der Waals surface area contributed by atoms with Crippen LogP contribution in [0.3, 0.4) is 0 Å². The molecule has 1 aliphatic rings. The maximum atomic E-state index is 13.4. The molecule has 3 rings (SSSR count). The average Bonchev–Trinajstić information content (AvgIpc) is 3.19. The summed E-state index contributed by atoms with van der Waals surface area (Å²) in [6, 6.07) is 14.1. The molecule has 8 heteroatoms. The number of rotatable bonds is 7. The van der Waals surface area contributed by atoms with Crippen molar-refractivity contribution in [3.8, 4) is 5.75 Å². The van der Waals surface area contributed by atoms with Gasteiger partial charge in [0.15, 0.2) is 0 Å². The molecule has 2 atom stereocenters. The first-order valence-electron chi connectivity index (χ1n) is 10.7. The summed E-state index contributed by atoms with van der Waals surface area (Å²) in [5.41, 5.74) is 1.34. The normalized spacial score (nSPS) is 16.8. The minimum absolute atomic E-state index is 0.137. The Bertz CT molecular complexity index is 984. The molecule has 0 aromatic heterocycles. The second-order valence-electron chi connectivity index (χ2n) is 9.15. The number of likely N-dealkylation sites (N-methyl/N-ethyl adjacent to an activating group) is 1. The number of nitrogens with zero attached hydrogens (tertiary/aromatic N) is 1. The molecule has 1 saturated heterocycles. The highest BCUT2D eigenvalue weighted by molar-refractivity contribution is 6.88. The van der Waals surface area contributed by atoms with Gasteiger partial charge in [0.25, 0.3) is 5.91 Å². The molecule has 3 amide bonds. The van der Waals surface area contributed by atoms with Gasteiger partial charge in [-0.2, -0.15) is 0 Å². The van der Waals surface area contributed by atoms with Crippen LogP contribution in [-0.2, 0) is 14.4 Å². The van der Waals surface area contributed by atoms with Crippen molar-refractivity contribution < 1.29 is 19.1 Å². The number of methoxy groups -OCH3 is 1. The number of carbonyl (C=O) groups excluding carboxylic acids is 3. The van der Waals surface area contributed by atoms with Crippen molar-refractivity contribution in [2.75, 3.05) is 26.0 Å². The van der Waals surface area contributed by atoms with Crippen molar-refractivity contribution in [1.29, 1.82) is 0 Å². The maximum Gasteiger partial charge on any atom is 0.251 e. The van der Waals surface area contributed by atoms with Crippen LogP contribution in [0.1, 0.15) is 18.0 Å². The number of amides is 3.